The molecule has 4 rings (SSSR count). The average molecular weight is 260 g/mol. The third-order valence-electron chi connectivity index (χ3n) is 3.77. The first-order valence-electron chi connectivity index (χ1n) is 6.59. The normalized spacial score (nSPS) is 20.6. The van der Waals surface area contributed by atoms with Gasteiger partial charge in [0.25, 0.3) is 0 Å². The van der Waals surface area contributed by atoms with Gasteiger partial charge in [0.2, 0.25) is 0 Å². The van der Waals surface area contributed by atoms with Gasteiger partial charge in [-0.3, -0.25) is 0 Å². The molecule has 0 bridgehead atoms. The Bertz CT molecular complexity index is 569. The van der Waals surface area contributed by atoms with Crippen LogP contribution in [0.2, 0.25) is 0 Å². The minimum absolute atomic E-state index is 0.643. The number of nitrogens with zero attached hydrogens (tertiary/aromatic N) is 4. The Morgan fingerprint density at radius 2 is 2.06 bits per heavy atom. The van der Waals surface area contributed by atoms with Gasteiger partial charge in [0.1, 0.15) is 5.82 Å². The molecule has 0 saturated carbocycles. The van der Waals surface area contributed by atoms with Gasteiger partial charge in [0.05, 0.1) is 6.20 Å². The minimum atomic E-state index is 0.643. The molecule has 2 aromatic heterocycles. The van der Waals surface area contributed by atoms with Gasteiger partial charge in [-0.15, -0.1) is 0 Å². The summed E-state index contributed by atoms with van der Waals surface area (Å²) in [6, 6.07) is 4.27. The first-order chi connectivity index (χ1) is 8.92. The quantitative estimate of drug-likeness (QED) is 0.775. The van der Waals surface area contributed by atoms with Crippen molar-refractivity contribution in [3.8, 4) is 0 Å². The van der Waals surface area contributed by atoms with Crippen molar-refractivity contribution in [3.63, 3.8) is 0 Å². The van der Waals surface area contributed by atoms with Crippen LogP contribution in [0.1, 0.15) is 24.5 Å². The Morgan fingerprint density at radius 3 is 2.83 bits per heavy atom. The molecule has 0 N–H and O–H groups in total. The molecule has 0 aromatic carbocycles. The number of rotatable bonds is 2. The lowest BCUT2D eigenvalue weighted by molar-refractivity contribution is 0.618. The van der Waals surface area contributed by atoms with Crippen LogP contribution in [-0.4, -0.2) is 39.2 Å². The van der Waals surface area contributed by atoms with Gasteiger partial charge in [-0.05, 0) is 24.3 Å². The van der Waals surface area contributed by atoms with Crippen LogP contribution in [0, 0.1) is 0 Å². The van der Waals surface area contributed by atoms with Crippen molar-refractivity contribution in [1.82, 2.24) is 14.6 Å². The molecule has 4 heterocycles. The number of anilines is 1. The predicted molar refractivity (Wildman–Crippen MR) is 74.5 cm³/mol. The second-order valence-corrected chi connectivity index (χ2v) is 6.24. The number of hydrogen-bond acceptors (Lipinski definition) is 4. The topological polar surface area (TPSA) is 33.2 Å². The van der Waals surface area contributed by atoms with Crippen molar-refractivity contribution in [2.45, 2.75) is 18.8 Å². The zero-order valence-electron chi connectivity index (χ0n) is 10.2. The highest BCUT2D eigenvalue weighted by molar-refractivity contribution is 7.99. The van der Waals surface area contributed by atoms with Crippen molar-refractivity contribution < 1.29 is 0 Å². The molecule has 0 amide bonds. The van der Waals surface area contributed by atoms with Crippen molar-refractivity contribution in [3.05, 3.63) is 24.0 Å². The van der Waals surface area contributed by atoms with E-state index in [2.05, 4.69) is 27.8 Å². The van der Waals surface area contributed by atoms with Gasteiger partial charge in [-0.25, -0.2) is 4.98 Å². The smallest absolute Gasteiger partial charge is 0.157 e. The number of aromatic nitrogens is 3. The second-order valence-electron chi connectivity index (χ2n) is 5.01. The van der Waals surface area contributed by atoms with E-state index in [1.165, 1.54) is 35.9 Å². The van der Waals surface area contributed by atoms with Crippen molar-refractivity contribution >= 4 is 23.2 Å². The van der Waals surface area contributed by atoms with E-state index in [9.17, 15) is 0 Å². The highest BCUT2D eigenvalue weighted by atomic mass is 32.2. The van der Waals surface area contributed by atoms with E-state index in [1.807, 2.05) is 16.8 Å². The molecule has 2 aliphatic heterocycles. The van der Waals surface area contributed by atoms with Crippen LogP contribution in [0.4, 0.5) is 5.82 Å². The van der Waals surface area contributed by atoms with Crippen LogP contribution >= 0.6 is 11.8 Å². The van der Waals surface area contributed by atoms with Crippen molar-refractivity contribution in [1.29, 1.82) is 0 Å². The Labute approximate surface area is 110 Å². The van der Waals surface area contributed by atoms with Gasteiger partial charge in [0, 0.05) is 36.8 Å². The molecule has 0 atom stereocenters. The molecule has 5 heteroatoms. The first kappa shape index (κ1) is 10.7. The van der Waals surface area contributed by atoms with Crippen LogP contribution in [0.5, 0.6) is 0 Å². The predicted octanol–water partition coefficient (Wildman–Crippen LogP) is 2.16. The molecule has 2 saturated heterocycles. The third-order valence-corrected chi connectivity index (χ3v) is 4.82. The van der Waals surface area contributed by atoms with Crippen molar-refractivity contribution in [2.75, 3.05) is 29.5 Å². The maximum Gasteiger partial charge on any atom is 0.157 e. The fourth-order valence-electron chi connectivity index (χ4n) is 2.62. The molecule has 0 radical (unpaired) electrons. The lowest BCUT2D eigenvalue weighted by atomic mass is 9.98. The summed E-state index contributed by atoms with van der Waals surface area (Å²) in [5.74, 6) is 4.41. The number of thioether (sulfide) groups is 1. The summed E-state index contributed by atoms with van der Waals surface area (Å²) in [5.41, 5.74) is 2.26. The summed E-state index contributed by atoms with van der Waals surface area (Å²) in [6.45, 7) is 2.30. The van der Waals surface area contributed by atoms with Gasteiger partial charge in [-0.1, -0.05) is 0 Å². The highest BCUT2D eigenvalue weighted by Crippen LogP contribution is 2.33. The van der Waals surface area contributed by atoms with Gasteiger partial charge in [0.15, 0.2) is 5.65 Å². The van der Waals surface area contributed by atoms with Gasteiger partial charge in [-0.2, -0.15) is 21.4 Å². The van der Waals surface area contributed by atoms with Crippen LogP contribution in [0.15, 0.2) is 18.3 Å². The SMILES string of the molecule is c1cc2nc(C3CCSCC3)cc(N3CC3)n2n1. The molecule has 2 fully saturated rings. The van der Waals surface area contributed by atoms with E-state index >= 15 is 0 Å². The standard InChI is InChI=1S/C13H16N4S/c1-4-14-17-12(1)15-11(9-13(17)16-5-6-16)10-2-7-18-8-3-10/h1,4,9-10H,2-3,5-8H2. The number of hydrogen-bond donors (Lipinski definition) is 0. The monoisotopic (exact) mass is 260 g/mol. The summed E-state index contributed by atoms with van der Waals surface area (Å²) < 4.78 is 1.97. The van der Waals surface area contributed by atoms with E-state index in [4.69, 9.17) is 4.98 Å². The summed E-state index contributed by atoms with van der Waals surface area (Å²) >= 11 is 2.07. The number of fused-ring (bicyclic) bond motifs is 1. The summed E-state index contributed by atoms with van der Waals surface area (Å²) in [7, 11) is 0. The zero-order valence-corrected chi connectivity index (χ0v) is 11.1. The maximum atomic E-state index is 4.79. The Morgan fingerprint density at radius 1 is 1.22 bits per heavy atom. The Hall–Kier alpha value is -1.23. The van der Waals surface area contributed by atoms with Crippen molar-refractivity contribution in [2.24, 2.45) is 0 Å². The summed E-state index contributed by atoms with van der Waals surface area (Å²) in [4.78, 5) is 7.14. The molecule has 0 unspecified atom stereocenters. The average Bonchev–Trinajstić information content (AvgIpc) is 3.16. The van der Waals surface area contributed by atoms with Crippen LogP contribution in [0.25, 0.3) is 5.65 Å². The first-order valence-corrected chi connectivity index (χ1v) is 7.75. The van der Waals surface area contributed by atoms with Crippen LogP contribution < -0.4 is 4.90 Å². The zero-order chi connectivity index (χ0) is 11.9. The Balaban J connectivity index is 1.79. The van der Waals surface area contributed by atoms with Crippen LogP contribution in [0.3, 0.4) is 0 Å². The molecule has 0 aliphatic carbocycles. The lowest BCUT2D eigenvalue weighted by Crippen LogP contribution is -2.12. The van der Waals surface area contributed by atoms with Gasteiger partial charge >= 0.3 is 0 Å². The molecular formula is C13H16N4S. The molecule has 94 valence electrons. The van der Waals surface area contributed by atoms with Gasteiger partial charge < -0.3 is 4.90 Å². The maximum absolute atomic E-state index is 4.79. The largest absolute Gasteiger partial charge is 0.353 e. The fourth-order valence-corrected chi connectivity index (χ4v) is 3.73. The third kappa shape index (κ3) is 1.77. The Kier molecular flexibility index (Phi) is 2.46. The van der Waals surface area contributed by atoms with E-state index in [-0.39, 0.29) is 0 Å². The minimum Gasteiger partial charge on any atom is -0.353 e. The fraction of sp³-hybridized carbons (Fsp3) is 0.538. The van der Waals surface area contributed by atoms with E-state index in [0.29, 0.717) is 5.92 Å². The molecular weight excluding hydrogens is 244 g/mol. The highest BCUT2D eigenvalue weighted by Gasteiger charge is 2.25. The molecule has 4 nitrogen and oxygen atoms in total. The summed E-state index contributed by atoms with van der Waals surface area (Å²) in [5, 5.41) is 4.37. The molecule has 18 heavy (non-hydrogen) atoms. The van der Waals surface area contributed by atoms with Crippen LogP contribution in [-0.2, 0) is 0 Å². The summed E-state index contributed by atoms with van der Waals surface area (Å²) in [6.07, 6.45) is 4.37. The van der Waals surface area contributed by atoms with E-state index in [1.54, 1.807) is 0 Å². The lowest BCUT2D eigenvalue weighted by Gasteiger charge is -2.21. The van der Waals surface area contributed by atoms with E-state index in [0.717, 1.165) is 18.7 Å². The molecule has 2 aromatic rings. The second kappa shape index (κ2) is 4.16. The molecule has 0 spiro atoms. The molecule has 2 aliphatic rings. The van der Waals surface area contributed by atoms with E-state index < -0.39 is 0 Å².